The molecule has 0 saturated carbocycles. The third kappa shape index (κ3) is 9.87. The van der Waals surface area contributed by atoms with E-state index in [4.69, 9.17) is 45.7 Å². The average Bonchev–Trinajstić information content (AvgIpc) is 2.68. The summed E-state index contributed by atoms with van der Waals surface area (Å²) < 4.78 is 80.0. The van der Waals surface area contributed by atoms with E-state index in [9.17, 15) is 14.7 Å². The van der Waals surface area contributed by atoms with Crippen LogP contribution in [-0.4, -0.2) is 16.7 Å². The zero-order chi connectivity index (χ0) is 19.4. The molecule has 0 unspecified atom stereocenters. The minimum Gasteiger partial charge on any atom is -0.507 e. The number of hydrogen-bond acceptors (Lipinski definition) is 3. The first kappa shape index (κ1) is 28.5. The number of halogens is 10. The number of aliphatic hydroxyl groups excluding tert-OH is 1. The fourth-order valence-electron chi connectivity index (χ4n) is 1.30. The van der Waals surface area contributed by atoms with E-state index in [2.05, 4.69) is 0 Å². The van der Waals surface area contributed by atoms with Gasteiger partial charge in [-0.05, 0) is 0 Å². The molecule has 0 saturated heterocycles. The minimum absolute atomic E-state index is 0.139. The molecule has 0 spiro atoms. The largest absolute Gasteiger partial charge is 0.507 e. The summed E-state index contributed by atoms with van der Waals surface area (Å²) in [5, 5.41) is 9.34. The quantitative estimate of drug-likeness (QED) is 0.485. The van der Waals surface area contributed by atoms with Crippen LogP contribution in [0.2, 0.25) is 0 Å². The normalized spacial score (nSPS) is 9.91. The summed E-state index contributed by atoms with van der Waals surface area (Å²) >= 11 is 0. The Bertz CT molecular complexity index is 452. The van der Waals surface area contributed by atoms with Crippen LogP contribution >= 0.6 is 0 Å². The fraction of sp³-hybridized carbons (Fsp3) is 0. The number of allylic oxidation sites excluding steroid dienone is 1. The van der Waals surface area contributed by atoms with E-state index in [0.29, 0.717) is 5.56 Å². The van der Waals surface area contributed by atoms with Crippen LogP contribution in [-0.2, 0) is 4.79 Å². The number of hydrogen-bond donors (Lipinski definition) is 1. The molecule has 2 rings (SSSR count). The lowest BCUT2D eigenvalue weighted by Crippen LogP contribution is -2.18. The molecule has 1 aromatic carbocycles. The van der Waals surface area contributed by atoms with Crippen molar-refractivity contribution in [2.45, 2.75) is 0 Å². The van der Waals surface area contributed by atoms with Crippen LogP contribution in [0.3, 0.4) is 0 Å². The number of ketones is 2. The summed E-state index contributed by atoms with van der Waals surface area (Å²) in [6, 6.07) is 6.48. The van der Waals surface area contributed by atoms with E-state index in [0.717, 1.165) is 6.08 Å². The van der Waals surface area contributed by atoms with Gasteiger partial charge in [0.15, 0.2) is 0 Å². The zero-order valence-corrected chi connectivity index (χ0v) is 10.4. The number of benzene rings is 1. The standard InChI is InChI=1S/C10H6O3.5F2/c11-8-5-9(12)10(13)7-4-2-1-3-6(7)8;5*1-2/h1-5,11H;;;;;. The van der Waals surface area contributed by atoms with Gasteiger partial charge in [-0.1, -0.05) is 24.3 Å². The monoisotopic (exact) mass is 364 g/mol. The highest BCUT2D eigenvalue weighted by Crippen LogP contribution is 2.22. The number of rotatable bonds is 0. The second kappa shape index (κ2) is 21.7. The first-order valence-electron chi connectivity index (χ1n) is 4.50. The average molecular weight is 364 g/mol. The first-order chi connectivity index (χ1) is 11.2. The van der Waals surface area contributed by atoms with Crippen LogP contribution in [0, 0.1) is 0 Å². The highest BCUT2D eigenvalue weighted by atomic mass is 20.0. The summed E-state index contributed by atoms with van der Waals surface area (Å²) in [5.74, 6) is -1.37. The molecule has 1 aromatic rings. The molecule has 23 heavy (non-hydrogen) atoms. The molecule has 134 valence electrons. The van der Waals surface area contributed by atoms with Crippen molar-refractivity contribution in [3.63, 3.8) is 0 Å². The first-order valence-corrected chi connectivity index (χ1v) is 4.50. The van der Waals surface area contributed by atoms with Crippen molar-refractivity contribution in [3.8, 4) is 0 Å². The van der Waals surface area contributed by atoms with E-state index in [1.54, 1.807) is 18.2 Å². The molecule has 0 atom stereocenters. The Balaban J connectivity index is -0.000000156. The summed E-state index contributed by atoms with van der Waals surface area (Å²) in [4.78, 5) is 22.2. The Morgan fingerprint density at radius 3 is 1.39 bits per heavy atom. The summed E-state index contributed by atoms with van der Waals surface area (Å²) in [7, 11) is 0. The highest BCUT2D eigenvalue weighted by Gasteiger charge is 2.24. The van der Waals surface area contributed by atoms with Gasteiger partial charge in [0.25, 0.3) is 0 Å². The van der Waals surface area contributed by atoms with Crippen molar-refractivity contribution >= 4 is 17.3 Å². The van der Waals surface area contributed by atoms with Crippen LogP contribution < -0.4 is 0 Å². The van der Waals surface area contributed by atoms with Gasteiger partial charge in [-0.2, -0.15) is 0 Å². The van der Waals surface area contributed by atoms with Gasteiger partial charge in [-0.3, -0.25) is 9.59 Å². The highest BCUT2D eigenvalue weighted by molar-refractivity contribution is 6.50. The van der Waals surface area contributed by atoms with E-state index in [-0.39, 0.29) is 11.3 Å². The molecule has 0 aromatic heterocycles. The number of fused-ring (bicyclic) bond motifs is 1. The minimum atomic E-state index is -0.670. The Hall–Kier alpha value is -2.60. The Morgan fingerprint density at radius 1 is 0.652 bits per heavy atom. The molecule has 3 nitrogen and oxygen atoms in total. The van der Waals surface area contributed by atoms with Crippen molar-refractivity contribution in [2.24, 2.45) is 0 Å². The van der Waals surface area contributed by atoms with E-state index < -0.39 is 11.6 Å². The molecule has 0 fully saturated rings. The van der Waals surface area contributed by atoms with E-state index in [1.165, 1.54) is 6.07 Å². The fourth-order valence-corrected chi connectivity index (χ4v) is 1.30. The van der Waals surface area contributed by atoms with E-state index in [1.807, 2.05) is 0 Å². The lowest BCUT2D eigenvalue weighted by atomic mass is 9.94. The Kier molecular flexibility index (Phi) is 26.9. The van der Waals surface area contributed by atoms with Gasteiger partial charge in [-0.15, -0.1) is 0 Å². The maximum absolute atomic E-state index is 11.3. The van der Waals surface area contributed by atoms with Crippen molar-refractivity contribution in [1.29, 1.82) is 0 Å². The van der Waals surface area contributed by atoms with Crippen molar-refractivity contribution in [2.75, 3.05) is 0 Å². The van der Waals surface area contributed by atoms with Crippen LogP contribution in [0.15, 0.2) is 30.3 Å². The predicted octanol–water partition coefficient (Wildman–Crippen LogP) is 5.55. The lowest BCUT2D eigenvalue weighted by molar-refractivity contribution is -0.111. The topological polar surface area (TPSA) is 54.4 Å². The van der Waals surface area contributed by atoms with Crippen LogP contribution in [0.4, 0.5) is 45.7 Å². The molecule has 0 heterocycles. The Labute approximate surface area is 120 Å². The molecule has 0 radical (unpaired) electrons. The maximum atomic E-state index is 11.3. The third-order valence-corrected chi connectivity index (χ3v) is 1.94. The van der Waals surface area contributed by atoms with Gasteiger partial charge in [0.2, 0.25) is 11.6 Å². The SMILES string of the molecule is FF.FF.FF.FF.FF.O=C1C=C(O)c2ccccc2C1=O. The predicted molar refractivity (Wildman–Crippen MR) is 57.5 cm³/mol. The molecular weight excluding hydrogens is 358 g/mol. The van der Waals surface area contributed by atoms with Crippen LogP contribution in [0.25, 0.3) is 5.76 Å². The third-order valence-electron chi connectivity index (χ3n) is 1.94. The molecule has 0 aliphatic heterocycles. The summed E-state index contributed by atoms with van der Waals surface area (Å²) in [6.45, 7) is 0. The molecule has 1 aliphatic carbocycles. The molecular formula is C10H6F10O3. The van der Waals surface area contributed by atoms with Gasteiger partial charge < -0.3 is 5.11 Å². The number of aliphatic hydroxyl groups is 1. The smallest absolute Gasteiger partial charge is 0.233 e. The second-order valence-electron chi connectivity index (χ2n) is 2.77. The second-order valence-corrected chi connectivity index (χ2v) is 2.77. The Morgan fingerprint density at radius 2 is 1.00 bits per heavy atom. The summed E-state index contributed by atoms with van der Waals surface area (Å²) in [6.07, 6.45) is 0.949. The van der Waals surface area contributed by atoms with Gasteiger partial charge in [0.1, 0.15) is 5.76 Å². The van der Waals surface area contributed by atoms with Crippen LogP contribution in [0.5, 0.6) is 0 Å². The summed E-state index contributed by atoms with van der Waals surface area (Å²) in [5.41, 5.74) is 0.694. The molecule has 0 bridgehead atoms. The maximum Gasteiger partial charge on any atom is 0.233 e. The molecule has 1 N–H and O–H groups in total. The van der Waals surface area contributed by atoms with Gasteiger partial charge in [0, 0.05) is 62.9 Å². The van der Waals surface area contributed by atoms with Crippen molar-refractivity contribution in [1.82, 2.24) is 0 Å². The van der Waals surface area contributed by atoms with Crippen LogP contribution in [0.1, 0.15) is 15.9 Å². The number of carbonyl (C=O) groups is 2. The van der Waals surface area contributed by atoms with Crippen molar-refractivity contribution < 1.29 is 60.4 Å². The van der Waals surface area contributed by atoms with Gasteiger partial charge in [-0.25, -0.2) is 0 Å². The number of Topliss-reactive ketones (excluding diaryl/α,β-unsaturated/α-hetero) is 1. The zero-order valence-electron chi connectivity index (χ0n) is 10.4. The lowest BCUT2D eigenvalue weighted by Gasteiger charge is -2.10. The molecule has 0 amide bonds. The van der Waals surface area contributed by atoms with E-state index >= 15 is 0 Å². The number of carbonyl (C=O) groups excluding carboxylic acids is 2. The van der Waals surface area contributed by atoms with Gasteiger partial charge >= 0.3 is 0 Å². The molecule has 13 heteroatoms. The van der Waals surface area contributed by atoms with Crippen molar-refractivity contribution in [3.05, 3.63) is 41.5 Å². The van der Waals surface area contributed by atoms with Gasteiger partial charge in [0.05, 0.1) is 0 Å². The molecule has 1 aliphatic rings.